The lowest BCUT2D eigenvalue weighted by Crippen LogP contribution is -2.25. The fourth-order valence-electron chi connectivity index (χ4n) is 1.54. The Balaban J connectivity index is 2.09. The second-order valence-electron chi connectivity index (χ2n) is 3.76. The summed E-state index contributed by atoms with van der Waals surface area (Å²) in [5, 5.41) is 2.52. The molecule has 0 fully saturated rings. The van der Waals surface area contributed by atoms with Gasteiger partial charge in [-0.1, -0.05) is 0 Å². The van der Waals surface area contributed by atoms with Crippen LogP contribution in [0.1, 0.15) is 16.1 Å². The number of aryl methyl sites for hydroxylation is 1. The van der Waals surface area contributed by atoms with E-state index in [0.717, 1.165) is 18.0 Å². The zero-order valence-corrected chi connectivity index (χ0v) is 9.65. The number of hydrogen-bond acceptors (Lipinski definition) is 2. The zero-order valence-electron chi connectivity index (χ0n) is 9.65. The van der Waals surface area contributed by atoms with Gasteiger partial charge in [0.1, 0.15) is 0 Å². The normalized spacial score (nSPS) is 10.4. The van der Waals surface area contributed by atoms with Crippen LogP contribution in [0.2, 0.25) is 0 Å². The van der Waals surface area contributed by atoms with Gasteiger partial charge in [0.15, 0.2) is 5.82 Å². The van der Waals surface area contributed by atoms with E-state index in [1.165, 1.54) is 0 Å². The van der Waals surface area contributed by atoms with Gasteiger partial charge in [-0.25, -0.2) is 9.37 Å². The van der Waals surface area contributed by atoms with Crippen LogP contribution in [0.3, 0.4) is 0 Å². The van der Waals surface area contributed by atoms with Crippen molar-refractivity contribution in [2.24, 2.45) is 7.05 Å². The maximum atomic E-state index is 13.3. The fourth-order valence-corrected chi connectivity index (χ4v) is 1.54. The largest absolute Gasteiger partial charge is 0.353 e. The minimum Gasteiger partial charge on any atom is -0.353 e. The topological polar surface area (TPSA) is 46.9 Å². The summed E-state index contributed by atoms with van der Waals surface area (Å²) in [5.41, 5.74) is 0.509. The predicted octanol–water partition coefficient (Wildman–Crippen LogP) is 1.63. The molecule has 6 heteroatoms. The Labute approximate surface area is 102 Å². The van der Waals surface area contributed by atoms with Gasteiger partial charge in [0.2, 0.25) is 5.95 Å². The Morgan fingerprint density at radius 3 is 2.89 bits per heavy atom. The Morgan fingerprint density at radius 1 is 1.44 bits per heavy atom. The molecule has 0 aliphatic rings. The van der Waals surface area contributed by atoms with E-state index in [1.807, 2.05) is 29.9 Å². The number of nitrogens with one attached hydrogen (secondary N) is 1. The summed E-state index contributed by atoms with van der Waals surface area (Å²) in [6.45, 7) is 0.242. The molecule has 1 amide bonds. The van der Waals surface area contributed by atoms with Crippen LogP contribution in [-0.2, 0) is 13.6 Å². The highest BCUT2D eigenvalue weighted by atomic mass is 19.2. The number of hydrogen-bond donors (Lipinski definition) is 1. The van der Waals surface area contributed by atoms with Crippen LogP contribution in [0.15, 0.2) is 30.6 Å². The molecule has 0 bridgehead atoms. The van der Waals surface area contributed by atoms with E-state index >= 15 is 0 Å². The zero-order chi connectivity index (χ0) is 13.1. The predicted molar refractivity (Wildman–Crippen MR) is 60.7 cm³/mol. The molecule has 0 atom stereocenters. The van der Waals surface area contributed by atoms with E-state index in [4.69, 9.17) is 0 Å². The summed E-state index contributed by atoms with van der Waals surface area (Å²) in [6, 6.07) is 4.79. The Morgan fingerprint density at radius 2 is 2.22 bits per heavy atom. The van der Waals surface area contributed by atoms with E-state index in [1.54, 1.807) is 0 Å². The second-order valence-corrected chi connectivity index (χ2v) is 3.76. The lowest BCUT2D eigenvalue weighted by Gasteiger charge is -2.07. The summed E-state index contributed by atoms with van der Waals surface area (Å²) < 4.78 is 28.0. The van der Waals surface area contributed by atoms with Crippen molar-refractivity contribution in [1.82, 2.24) is 14.9 Å². The molecule has 0 unspecified atom stereocenters. The fraction of sp³-hybridized carbons (Fsp3) is 0.167. The van der Waals surface area contributed by atoms with Crippen LogP contribution in [0.4, 0.5) is 8.78 Å². The van der Waals surface area contributed by atoms with Gasteiger partial charge in [-0.2, -0.15) is 4.39 Å². The standard InChI is InChI=1S/C12H11F2N3O/c1-17-6-2-3-8(17)7-16-12(18)9-4-5-15-11(14)10(9)13/h2-6H,7H2,1H3,(H,16,18). The third-order valence-electron chi connectivity index (χ3n) is 2.57. The average molecular weight is 251 g/mol. The van der Waals surface area contributed by atoms with Crippen molar-refractivity contribution >= 4 is 5.91 Å². The number of aromatic nitrogens is 2. The first kappa shape index (κ1) is 12.2. The molecule has 18 heavy (non-hydrogen) atoms. The SMILES string of the molecule is Cn1cccc1CNC(=O)c1ccnc(F)c1F. The van der Waals surface area contributed by atoms with Gasteiger partial charge in [-0.05, 0) is 18.2 Å². The molecule has 0 saturated heterocycles. The number of pyridine rings is 1. The molecular weight excluding hydrogens is 240 g/mol. The van der Waals surface area contributed by atoms with Crippen molar-refractivity contribution in [3.8, 4) is 0 Å². The van der Waals surface area contributed by atoms with Crippen LogP contribution in [0, 0.1) is 11.8 Å². The van der Waals surface area contributed by atoms with E-state index in [9.17, 15) is 13.6 Å². The van der Waals surface area contributed by atoms with Crippen LogP contribution in [0.25, 0.3) is 0 Å². The number of carbonyl (C=O) groups is 1. The highest BCUT2D eigenvalue weighted by Gasteiger charge is 2.15. The van der Waals surface area contributed by atoms with Gasteiger partial charge in [0.25, 0.3) is 5.91 Å². The summed E-state index contributed by atoms with van der Waals surface area (Å²) in [4.78, 5) is 14.8. The van der Waals surface area contributed by atoms with E-state index in [0.29, 0.717) is 0 Å². The van der Waals surface area contributed by atoms with Crippen molar-refractivity contribution in [1.29, 1.82) is 0 Å². The highest BCUT2D eigenvalue weighted by Crippen LogP contribution is 2.09. The molecular formula is C12H11F2N3O. The molecule has 2 aromatic heterocycles. The maximum absolute atomic E-state index is 13.3. The first-order chi connectivity index (χ1) is 8.59. The number of rotatable bonds is 3. The maximum Gasteiger partial charge on any atom is 0.254 e. The van der Waals surface area contributed by atoms with Crippen molar-refractivity contribution in [3.05, 3.63) is 53.6 Å². The molecule has 2 aromatic rings. The van der Waals surface area contributed by atoms with Gasteiger partial charge >= 0.3 is 0 Å². The molecule has 0 saturated carbocycles. The minimum absolute atomic E-state index is 0.242. The Bertz CT molecular complexity index is 580. The molecule has 2 heterocycles. The van der Waals surface area contributed by atoms with Crippen LogP contribution in [0.5, 0.6) is 0 Å². The van der Waals surface area contributed by atoms with Gasteiger partial charge < -0.3 is 9.88 Å². The number of nitrogens with zero attached hydrogens (tertiary/aromatic N) is 2. The van der Waals surface area contributed by atoms with E-state index in [-0.39, 0.29) is 12.1 Å². The molecule has 0 aliphatic heterocycles. The Hall–Kier alpha value is -2.24. The molecule has 0 spiro atoms. The highest BCUT2D eigenvalue weighted by molar-refractivity contribution is 5.94. The summed E-state index contributed by atoms with van der Waals surface area (Å²) in [7, 11) is 1.83. The lowest BCUT2D eigenvalue weighted by molar-refractivity contribution is 0.0944. The first-order valence-electron chi connectivity index (χ1n) is 5.28. The third-order valence-corrected chi connectivity index (χ3v) is 2.57. The van der Waals surface area contributed by atoms with Gasteiger partial charge in [0, 0.05) is 25.1 Å². The quantitative estimate of drug-likeness (QED) is 0.843. The number of halogens is 2. The Kier molecular flexibility index (Phi) is 3.36. The molecule has 1 N–H and O–H groups in total. The summed E-state index contributed by atoms with van der Waals surface area (Å²) >= 11 is 0. The summed E-state index contributed by atoms with van der Waals surface area (Å²) in [6.07, 6.45) is 2.88. The minimum atomic E-state index is -1.28. The molecule has 0 aromatic carbocycles. The van der Waals surface area contributed by atoms with E-state index < -0.39 is 17.7 Å². The van der Waals surface area contributed by atoms with Crippen LogP contribution in [-0.4, -0.2) is 15.5 Å². The number of carbonyl (C=O) groups excluding carboxylic acids is 1. The lowest BCUT2D eigenvalue weighted by atomic mass is 10.2. The van der Waals surface area contributed by atoms with Crippen LogP contribution >= 0.6 is 0 Å². The molecule has 4 nitrogen and oxygen atoms in total. The van der Waals surface area contributed by atoms with E-state index in [2.05, 4.69) is 10.3 Å². The monoisotopic (exact) mass is 251 g/mol. The van der Waals surface area contributed by atoms with Crippen molar-refractivity contribution < 1.29 is 13.6 Å². The molecule has 0 radical (unpaired) electrons. The third kappa shape index (κ3) is 2.37. The molecule has 0 aliphatic carbocycles. The second kappa shape index (κ2) is 4.95. The molecule has 2 rings (SSSR count). The molecule has 94 valence electrons. The van der Waals surface area contributed by atoms with Crippen molar-refractivity contribution in [3.63, 3.8) is 0 Å². The summed E-state index contributed by atoms with van der Waals surface area (Å²) in [5.74, 6) is -3.18. The van der Waals surface area contributed by atoms with Gasteiger partial charge in [-0.15, -0.1) is 0 Å². The number of amides is 1. The van der Waals surface area contributed by atoms with Gasteiger partial charge in [0.05, 0.1) is 12.1 Å². The average Bonchev–Trinajstić information content (AvgIpc) is 2.75. The van der Waals surface area contributed by atoms with Crippen molar-refractivity contribution in [2.75, 3.05) is 0 Å². The smallest absolute Gasteiger partial charge is 0.254 e. The van der Waals surface area contributed by atoms with Gasteiger partial charge in [-0.3, -0.25) is 4.79 Å². The van der Waals surface area contributed by atoms with Crippen molar-refractivity contribution in [2.45, 2.75) is 6.54 Å². The van der Waals surface area contributed by atoms with Crippen LogP contribution < -0.4 is 5.32 Å². The first-order valence-corrected chi connectivity index (χ1v) is 5.28.